The molecule has 2 fully saturated rings. The summed E-state index contributed by atoms with van der Waals surface area (Å²) in [6.45, 7) is 3.04. The second-order valence-electron chi connectivity index (χ2n) is 8.63. The molecule has 0 bridgehead atoms. The van der Waals surface area contributed by atoms with Crippen molar-refractivity contribution in [2.45, 2.75) is 44.6 Å². The van der Waals surface area contributed by atoms with Crippen LogP contribution in [0.15, 0.2) is 48.5 Å². The maximum absolute atomic E-state index is 12.7. The Morgan fingerprint density at radius 2 is 1.73 bits per heavy atom. The first-order valence-electron chi connectivity index (χ1n) is 12.0. The normalized spacial score (nSPS) is 18.4. The van der Waals surface area contributed by atoms with Crippen LogP contribution in [-0.4, -0.2) is 55.7 Å². The summed E-state index contributed by atoms with van der Waals surface area (Å²) in [4.78, 5) is 27.2. The van der Waals surface area contributed by atoms with Crippen LogP contribution in [0, 0.1) is 0 Å². The van der Waals surface area contributed by atoms with Crippen molar-refractivity contribution in [3.63, 3.8) is 0 Å². The maximum atomic E-state index is 12.7. The Morgan fingerprint density at radius 1 is 0.970 bits per heavy atom. The number of carbonyl (C=O) groups excluding carboxylic acids is 2. The van der Waals surface area contributed by atoms with Gasteiger partial charge in [0.25, 0.3) is 5.91 Å². The molecule has 2 saturated heterocycles. The molecule has 1 atom stereocenters. The maximum Gasteiger partial charge on any atom is 0.253 e. The van der Waals surface area contributed by atoms with Gasteiger partial charge in [0.15, 0.2) is 0 Å². The standard InChI is InChI=1S/C26H33N3O4/c30-25(28-23-9-3-4-10-24(23)33-19-22-8-7-17-32-22)18-27-21-13-11-20(12-14-21)26(31)29-15-5-1-2-6-16-29/h3-4,9-14,22,27H,1-2,5-8,15-19H2,(H,28,30). The van der Waals surface area contributed by atoms with Gasteiger partial charge in [0.2, 0.25) is 5.91 Å². The summed E-state index contributed by atoms with van der Waals surface area (Å²) in [7, 11) is 0. The van der Waals surface area contributed by atoms with Crippen molar-refractivity contribution >= 4 is 23.2 Å². The molecular formula is C26H33N3O4. The van der Waals surface area contributed by atoms with Crippen molar-refractivity contribution in [1.29, 1.82) is 0 Å². The van der Waals surface area contributed by atoms with E-state index in [1.807, 2.05) is 53.4 Å². The highest BCUT2D eigenvalue weighted by Gasteiger charge is 2.18. The molecule has 1 unspecified atom stereocenters. The Kier molecular flexibility index (Phi) is 8.19. The molecule has 2 heterocycles. The van der Waals surface area contributed by atoms with E-state index < -0.39 is 0 Å². The van der Waals surface area contributed by atoms with Gasteiger partial charge in [-0.05, 0) is 62.1 Å². The van der Waals surface area contributed by atoms with Gasteiger partial charge in [-0.15, -0.1) is 0 Å². The van der Waals surface area contributed by atoms with Crippen LogP contribution in [0.2, 0.25) is 0 Å². The van der Waals surface area contributed by atoms with Gasteiger partial charge in [0.05, 0.1) is 18.3 Å². The number of para-hydroxylation sites is 2. The third-order valence-electron chi connectivity index (χ3n) is 6.09. The van der Waals surface area contributed by atoms with Crippen molar-refractivity contribution in [2.24, 2.45) is 0 Å². The van der Waals surface area contributed by atoms with Crippen LogP contribution in [0.5, 0.6) is 5.75 Å². The van der Waals surface area contributed by atoms with Gasteiger partial charge in [-0.25, -0.2) is 0 Å². The Bertz CT molecular complexity index is 917. The summed E-state index contributed by atoms with van der Waals surface area (Å²) in [5.41, 5.74) is 2.12. The number of amides is 2. The number of benzene rings is 2. The van der Waals surface area contributed by atoms with Crippen LogP contribution in [0.3, 0.4) is 0 Å². The van der Waals surface area contributed by atoms with E-state index in [2.05, 4.69) is 10.6 Å². The number of nitrogens with one attached hydrogen (secondary N) is 2. The highest BCUT2D eigenvalue weighted by Crippen LogP contribution is 2.25. The van der Waals surface area contributed by atoms with Gasteiger partial charge >= 0.3 is 0 Å². The zero-order valence-corrected chi connectivity index (χ0v) is 19.1. The van der Waals surface area contributed by atoms with E-state index in [-0.39, 0.29) is 24.5 Å². The molecule has 0 aliphatic carbocycles. The molecule has 2 N–H and O–H groups in total. The van der Waals surface area contributed by atoms with E-state index in [1.54, 1.807) is 0 Å². The molecule has 7 nitrogen and oxygen atoms in total. The quantitative estimate of drug-likeness (QED) is 0.625. The second-order valence-corrected chi connectivity index (χ2v) is 8.63. The predicted molar refractivity (Wildman–Crippen MR) is 129 cm³/mol. The molecule has 0 aromatic heterocycles. The number of likely N-dealkylation sites (tertiary alicyclic amines) is 1. The van der Waals surface area contributed by atoms with Gasteiger partial charge in [0.1, 0.15) is 12.4 Å². The lowest BCUT2D eigenvalue weighted by atomic mass is 10.1. The fourth-order valence-electron chi connectivity index (χ4n) is 4.22. The molecule has 7 heteroatoms. The number of carbonyl (C=O) groups is 2. The van der Waals surface area contributed by atoms with Crippen LogP contribution in [0.25, 0.3) is 0 Å². The van der Waals surface area contributed by atoms with E-state index in [9.17, 15) is 9.59 Å². The Labute approximate surface area is 195 Å². The molecule has 2 aliphatic heterocycles. The number of nitrogens with zero attached hydrogens (tertiary/aromatic N) is 1. The third kappa shape index (κ3) is 6.71. The van der Waals surface area contributed by atoms with Gasteiger partial charge in [-0.1, -0.05) is 25.0 Å². The molecule has 176 valence electrons. The first kappa shape index (κ1) is 23.1. The number of rotatable bonds is 8. The van der Waals surface area contributed by atoms with Crippen molar-refractivity contribution in [3.05, 3.63) is 54.1 Å². The van der Waals surface area contributed by atoms with Crippen molar-refractivity contribution in [1.82, 2.24) is 4.90 Å². The average Bonchev–Trinajstić information content (AvgIpc) is 3.22. The Balaban J connectivity index is 1.26. The molecule has 2 amide bonds. The van der Waals surface area contributed by atoms with E-state index in [1.165, 1.54) is 12.8 Å². The van der Waals surface area contributed by atoms with E-state index >= 15 is 0 Å². The molecule has 2 aliphatic rings. The zero-order valence-electron chi connectivity index (χ0n) is 19.1. The minimum atomic E-state index is -0.173. The number of anilines is 2. The van der Waals surface area contributed by atoms with Crippen LogP contribution >= 0.6 is 0 Å². The molecule has 4 rings (SSSR count). The topological polar surface area (TPSA) is 79.9 Å². The smallest absolute Gasteiger partial charge is 0.253 e. The number of hydrogen-bond acceptors (Lipinski definition) is 5. The van der Waals surface area contributed by atoms with Crippen LogP contribution < -0.4 is 15.4 Å². The molecule has 0 radical (unpaired) electrons. The molecule has 2 aromatic rings. The monoisotopic (exact) mass is 451 g/mol. The molecule has 0 saturated carbocycles. The van der Waals surface area contributed by atoms with Crippen LogP contribution in [-0.2, 0) is 9.53 Å². The summed E-state index contributed by atoms with van der Waals surface area (Å²) in [5.74, 6) is 0.548. The van der Waals surface area contributed by atoms with Crippen LogP contribution in [0.4, 0.5) is 11.4 Å². The van der Waals surface area contributed by atoms with Crippen LogP contribution in [0.1, 0.15) is 48.9 Å². The van der Waals surface area contributed by atoms with Gasteiger partial charge in [0, 0.05) is 30.9 Å². The van der Waals surface area contributed by atoms with Crippen molar-refractivity contribution in [2.75, 3.05) is 43.5 Å². The van der Waals surface area contributed by atoms with Gasteiger partial charge < -0.3 is 25.0 Å². The third-order valence-corrected chi connectivity index (χ3v) is 6.09. The molecular weight excluding hydrogens is 418 g/mol. The lowest BCUT2D eigenvalue weighted by Gasteiger charge is -2.20. The van der Waals surface area contributed by atoms with E-state index in [0.29, 0.717) is 23.6 Å². The predicted octanol–water partition coefficient (Wildman–Crippen LogP) is 4.31. The summed E-state index contributed by atoms with van der Waals surface area (Å²) in [5, 5.41) is 6.03. The summed E-state index contributed by atoms with van der Waals surface area (Å²) >= 11 is 0. The summed E-state index contributed by atoms with van der Waals surface area (Å²) < 4.78 is 11.5. The second kappa shape index (κ2) is 11.7. The fourth-order valence-corrected chi connectivity index (χ4v) is 4.22. The Morgan fingerprint density at radius 3 is 2.45 bits per heavy atom. The first-order chi connectivity index (χ1) is 16.2. The molecule has 33 heavy (non-hydrogen) atoms. The average molecular weight is 452 g/mol. The molecule has 0 spiro atoms. The lowest BCUT2D eigenvalue weighted by Crippen LogP contribution is -2.31. The summed E-state index contributed by atoms with van der Waals surface area (Å²) in [6, 6.07) is 14.7. The number of ether oxygens (including phenoxy) is 2. The largest absolute Gasteiger partial charge is 0.489 e. The first-order valence-corrected chi connectivity index (χ1v) is 12.0. The van der Waals surface area contributed by atoms with Gasteiger partial charge in [-0.3, -0.25) is 9.59 Å². The SMILES string of the molecule is O=C(CNc1ccc(C(=O)N2CCCCCC2)cc1)Nc1ccccc1OCC1CCCO1. The van der Waals surface area contributed by atoms with Gasteiger partial charge in [-0.2, -0.15) is 0 Å². The van der Waals surface area contributed by atoms with Crippen molar-refractivity contribution in [3.8, 4) is 5.75 Å². The minimum absolute atomic E-state index is 0.0841. The number of hydrogen-bond donors (Lipinski definition) is 2. The fraction of sp³-hybridized carbons (Fsp3) is 0.462. The zero-order chi connectivity index (χ0) is 22.9. The Hall–Kier alpha value is -3.06. The van der Waals surface area contributed by atoms with E-state index in [0.717, 1.165) is 51.1 Å². The minimum Gasteiger partial charge on any atom is -0.489 e. The van der Waals surface area contributed by atoms with E-state index in [4.69, 9.17) is 9.47 Å². The highest BCUT2D eigenvalue weighted by atomic mass is 16.5. The lowest BCUT2D eigenvalue weighted by molar-refractivity contribution is -0.114. The summed E-state index contributed by atoms with van der Waals surface area (Å²) in [6.07, 6.45) is 6.71. The highest BCUT2D eigenvalue weighted by molar-refractivity contribution is 5.96. The molecule has 2 aromatic carbocycles. The van der Waals surface area contributed by atoms with Crippen molar-refractivity contribution < 1.29 is 19.1 Å².